The Morgan fingerprint density at radius 3 is 2.16 bits per heavy atom. The first-order valence-electron chi connectivity index (χ1n) is 10.4. The van der Waals surface area contributed by atoms with Crippen molar-refractivity contribution in [3.05, 3.63) is 47.6 Å². The third-order valence-corrected chi connectivity index (χ3v) is 4.98. The van der Waals surface area contributed by atoms with Gasteiger partial charge in [0.05, 0.1) is 0 Å². The number of hydrogen-bond acceptors (Lipinski definition) is 0. The maximum Gasteiger partial charge on any atom is -0.0134 e. The van der Waals surface area contributed by atoms with E-state index in [-0.39, 0.29) is 0 Å². The summed E-state index contributed by atoms with van der Waals surface area (Å²) in [5, 5.41) is 0. The summed E-state index contributed by atoms with van der Waals surface area (Å²) in [7, 11) is 0. The van der Waals surface area contributed by atoms with E-state index < -0.39 is 0 Å². The Morgan fingerprint density at radius 1 is 0.920 bits per heavy atom. The van der Waals surface area contributed by atoms with E-state index in [1.807, 2.05) is 0 Å². The van der Waals surface area contributed by atoms with Gasteiger partial charge in [0.25, 0.3) is 0 Å². The first-order valence-corrected chi connectivity index (χ1v) is 10.4. The van der Waals surface area contributed by atoms with Crippen molar-refractivity contribution in [3.8, 4) is 0 Å². The van der Waals surface area contributed by atoms with Gasteiger partial charge in [-0.1, -0.05) is 75.1 Å². The zero-order valence-electron chi connectivity index (χ0n) is 18.2. The zero-order valence-corrected chi connectivity index (χ0v) is 18.2. The molecule has 0 radical (unpaired) electrons. The molecule has 0 aromatic carbocycles. The largest absolute Gasteiger partial charge is 0.103 e. The van der Waals surface area contributed by atoms with E-state index in [2.05, 4.69) is 79.3 Å². The summed E-state index contributed by atoms with van der Waals surface area (Å²) in [6, 6.07) is 0. The second kappa shape index (κ2) is 14.2. The highest BCUT2D eigenvalue weighted by Crippen LogP contribution is 2.24. The topological polar surface area (TPSA) is 0 Å². The van der Waals surface area contributed by atoms with Crippen LogP contribution in [-0.2, 0) is 0 Å². The first kappa shape index (κ1) is 24.0. The predicted molar refractivity (Wildman–Crippen MR) is 117 cm³/mol. The van der Waals surface area contributed by atoms with Crippen LogP contribution in [0.1, 0.15) is 93.4 Å². The van der Waals surface area contributed by atoms with Gasteiger partial charge in [0, 0.05) is 0 Å². The highest BCUT2D eigenvalue weighted by Gasteiger charge is 2.08. The maximum atomic E-state index is 3.93. The lowest BCUT2D eigenvalue weighted by Crippen LogP contribution is -2.01. The second-order valence-corrected chi connectivity index (χ2v) is 8.53. The minimum absolute atomic E-state index is 0.566. The molecule has 144 valence electrons. The van der Waals surface area contributed by atoms with E-state index >= 15 is 0 Å². The molecule has 0 amide bonds. The molecule has 0 heterocycles. The molecule has 0 N–H and O–H groups in total. The van der Waals surface area contributed by atoms with Gasteiger partial charge in [-0.2, -0.15) is 0 Å². The molecule has 0 fully saturated rings. The van der Waals surface area contributed by atoms with Crippen LogP contribution in [0.2, 0.25) is 0 Å². The Morgan fingerprint density at radius 2 is 1.60 bits per heavy atom. The third-order valence-electron chi connectivity index (χ3n) is 4.98. The lowest BCUT2D eigenvalue weighted by atomic mass is 9.90. The van der Waals surface area contributed by atoms with Crippen LogP contribution < -0.4 is 0 Å². The van der Waals surface area contributed by atoms with Gasteiger partial charge >= 0.3 is 0 Å². The molecule has 0 aliphatic heterocycles. The van der Waals surface area contributed by atoms with Crippen LogP contribution in [0.4, 0.5) is 0 Å². The number of rotatable bonds is 13. The van der Waals surface area contributed by atoms with Gasteiger partial charge in [-0.3, -0.25) is 0 Å². The van der Waals surface area contributed by atoms with Crippen LogP contribution in [0, 0.1) is 17.8 Å². The van der Waals surface area contributed by atoms with Gasteiger partial charge in [-0.05, 0) is 77.0 Å². The summed E-state index contributed by atoms with van der Waals surface area (Å²) in [4.78, 5) is 0. The van der Waals surface area contributed by atoms with E-state index in [0.717, 1.165) is 18.8 Å². The molecular weight excluding hydrogens is 300 g/mol. The maximum absolute atomic E-state index is 3.93. The highest BCUT2D eigenvalue weighted by atomic mass is 14.1. The second-order valence-electron chi connectivity index (χ2n) is 8.53. The minimum Gasteiger partial charge on any atom is -0.103 e. The Kier molecular flexibility index (Phi) is 13.6. The van der Waals surface area contributed by atoms with Crippen molar-refractivity contribution in [1.29, 1.82) is 0 Å². The summed E-state index contributed by atoms with van der Waals surface area (Å²) in [5.74, 6) is 2.04. The van der Waals surface area contributed by atoms with E-state index in [0.29, 0.717) is 11.8 Å². The molecule has 0 aromatic heterocycles. The van der Waals surface area contributed by atoms with Gasteiger partial charge in [0.15, 0.2) is 0 Å². The van der Waals surface area contributed by atoms with Gasteiger partial charge in [-0.25, -0.2) is 0 Å². The van der Waals surface area contributed by atoms with E-state index in [1.54, 1.807) is 11.1 Å². The van der Waals surface area contributed by atoms with Crippen molar-refractivity contribution in [2.24, 2.45) is 17.8 Å². The molecule has 2 unspecified atom stereocenters. The van der Waals surface area contributed by atoms with E-state index in [4.69, 9.17) is 0 Å². The fraction of sp³-hybridized carbons (Fsp3) is 0.680. The van der Waals surface area contributed by atoms with E-state index in [1.165, 1.54) is 37.7 Å². The SMILES string of the molecule is C=CC(C)C/C=C(\C/C=C(/C)CCCC(C)C)C(C)CCC=C(C)C. The molecule has 0 aliphatic rings. The van der Waals surface area contributed by atoms with Crippen LogP contribution in [0.25, 0.3) is 0 Å². The lowest BCUT2D eigenvalue weighted by Gasteiger charge is -2.16. The summed E-state index contributed by atoms with van der Waals surface area (Å²) < 4.78 is 0. The van der Waals surface area contributed by atoms with Crippen molar-refractivity contribution < 1.29 is 0 Å². The fourth-order valence-corrected chi connectivity index (χ4v) is 2.91. The average Bonchev–Trinajstić information content (AvgIpc) is 2.53. The molecule has 0 nitrogen and oxygen atoms in total. The number of hydrogen-bond donors (Lipinski definition) is 0. The molecule has 0 aromatic rings. The molecule has 0 bridgehead atoms. The molecule has 0 saturated carbocycles. The predicted octanol–water partition coefficient (Wildman–Crippen LogP) is 8.67. The zero-order chi connectivity index (χ0) is 19.2. The molecule has 0 saturated heterocycles. The molecule has 0 aliphatic carbocycles. The molecule has 2 atom stereocenters. The van der Waals surface area contributed by atoms with Crippen molar-refractivity contribution in [1.82, 2.24) is 0 Å². The highest BCUT2D eigenvalue weighted by molar-refractivity contribution is 5.14. The van der Waals surface area contributed by atoms with Gasteiger partial charge < -0.3 is 0 Å². The van der Waals surface area contributed by atoms with Crippen LogP contribution >= 0.6 is 0 Å². The quantitative estimate of drug-likeness (QED) is 0.293. The van der Waals surface area contributed by atoms with Crippen LogP contribution in [0.5, 0.6) is 0 Å². The van der Waals surface area contributed by atoms with Gasteiger partial charge in [-0.15, -0.1) is 6.58 Å². The molecule has 0 spiro atoms. The van der Waals surface area contributed by atoms with Crippen LogP contribution in [-0.4, -0.2) is 0 Å². The Bertz CT molecular complexity index is 441. The van der Waals surface area contributed by atoms with E-state index in [9.17, 15) is 0 Å². The van der Waals surface area contributed by atoms with Crippen molar-refractivity contribution in [3.63, 3.8) is 0 Å². The normalized spacial score (nSPS) is 15.2. The third kappa shape index (κ3) is 13.9. The van der Waals surface area contributed by atoms with Crippen molar-refractivity contribution >= 4 is 0 Å². The van der Waals surface area contributed by atoms with Crippen molar-refractivity contribution in [2.45, 2.75) is 93.4 Å². The number of allylic oxidation sites excluding steroid dienone is 7. The first-order chi connectivity index (χ1) is 11.8. The monoisotopic (exact) mass is 344 g/mol. The summed E-state index contributed by atoms with van der Waals surface area (Å²) in [6.45, 7) is 19.9. The molecule has 0 heteroatoms. The Labute approximate surface area is 159 Å². The molecule has 0 rings (SSSR count). The Balaban J connectivity index is 4.76. The fourth-order valence-electron chi connectivity index (χ4n) is 2.91. The summed E-state index contributed by atoms with van der Waals surface area (Å²) in [5.41, 5.74) is 4.60. The Hall–Kier alpha value is -1.04. The lowest BCUT2D eigenvalue weighted by molar-refractivity contribution is 0.554. The van der Waals surface area contributed by atoms with Gasteiger partial charge in [0.1, 0.15) is 0 Å². The molecular formula is C25H44. The van der Waals surface area contributed by atoms with Crippen molar-refractivity contribution in [2.75, 3.05) is 0 Å². The summed E-state index contributed by atoms with van der Waals surface area (Å²) >= 11 is 0. The van der Waals surface area contributed by atoms with Crippen LogP contribution in [0.15, 0.2) is 47.6 Å². The smallest absolute Gasteiger partial charge is 0.0134 e. The molecule has 25 heavy (non-hydrogen) atoms. The average molecular weight is 345 g/mol. The standard InChI is InChI=1S/C25H44/c1-9-22(6)16-18-25(24(8)15-11-13-21(4)5)19-17-23(7)14-10-12-20(2)3/h9,13,17-18,20,22,24H,1,10-12,14-16,19H2,2-8H3/b23-17-,25-18+. The van der Waals surface area contributed by atoms with Gasteiger partial charge in [0.2, 0.25) is 0 Å². The van der Waals surface area contributed by atoms with Crippen LogP contribution in [0.3, 0.4) is 0 Å². The minimum atomic E-state index is 0.566. The summed E-state index contributed by atoms with van der Waals surface area (Å²) in [6.07, 6.45) is 18.0.